The molecule has 0 aliphatic heterocycles. The van der Waals surface area contributed by atoms with Gasteiger partial charge >= 0.3 is 0 Å². The molecule has 0 nitrogen and oxygen atoms in total. The van der Waals surface area contributed by atoms with Crippen molar-refractivity contribution in [2.24, 2.45) is 0 Å². The van der Waals surface area contributed by atoms with Crippen molar-refractivity contribution in [2.45, 2.75) is 30.1 Å². The topological polar surface area (TPSA) is 0 Å². The second-order valence-electron chi connectivity index (χ2n) is 18.5. The van der Waals surface area contributed by atoms with E-state index in [0.29, 0.717) is 0 Å². The maximum absolute atomic E-state index is 2.55. The van der Waals surface area contributed by atoms with E-state index in [1.54, 1.807) is 0 Å². The monoisotopic (exact) mass is 824 g/mol. The van der Waals surface area contributed by atoms with Crippen molar-refractivity contribution in [3.8, 4) is 66.8 Å². The molecule has 0 unspecified atom stereocenters. The van der Waals surface area contributed by atoms with Crippen LogP contribution in [-0.2, 0) is 18.3 Å². The van der Waals surface area contributed by atoms with E-state index in [9.17, 15) is 0 Å². The predicted molar refractivity (Wildman–Crippen MR) is 268 cm³/mol. The maximum atomic E-state index is 2.55. The minimum absolute atomic E-state index is 0.272. The Morgan fingerprint density at radius 1 is 0.262 bits per heavy atom. The first kappa shape index (κ1) is 36.7. The van der Waals surface area contributed by atoms with Crippen LogP contribution >= 0.6 is 0 Å². The standard InChI is InChI=1S/C65H44/c1-3-17-41(18-4-1)43-33-35-55-61(39-43)65(59-31-15-21-45(63(55)59)37-57-51-27-11-7-23-47(51)48-24-8-12-28-52(48)57)60-32-16-22-46(38-58-53-29-13-9-25-49(53)50-26-10-14-30-54(50)58)64(60)56-36-34-44(40-62(56)65)42-19-5-2-6-20-42/h1-36,39-40,57-58H,37-38H2. The van der Waals surface area contributed by atoms with E-state index >= 15 is 0 Å². The molecular weight excluding hydrogens is 781 g/mol. The van der Waals surface area contributed by atoms with E-state index in [1.165, 1.54) is 122 Å². The van der Waals surface area contributed by atoms with Gasteiger partial charge in [-0.15, -0.1) is 0 Å². The molecule has 0 fully saturated rings. The fraction of sp³-hybridized carbons (Fsp3) is 0.0769. The average molecular weight is 825 g/mol. The summed E-state index contributed by atoms with van der Waals surface area (Å²) in [6.07, 6.45) is 1.86. The highest BCUT2D eigenvalue weighted by Gasteiger charge is 2.53. The van der Waals surface area contributed by atoms with Crippen LogP contribution in [0.15, 0.2) is 231 Å². The van der Waals surface area contributed by atoms with E-state index in [0.717, 1.165) is 12.8 Å². The molecule has 0 radical (unpaired) electrons. The Morgan fingerprint density at radius 3 is 1.00 bits per heavy atom. The van der Waals surface area contributed by atoms with Crippen molar-refractivity contribution in [3.05, 3.63) is 286 Å². The normalized spacial score (nSPS) is 14.3. The summed E-state index contributed by atoms with van der Waals surface area (Å²) in [5.41, 5.74) is 29.5. The van der Waals surface area contributed by atoms with Crippen molar-refractivity contribution >= 4 is 0 Å². The molecule has 0 N–H and O–H groups in total. The summed E-state index contributed by atoms with van der Waals surface area (Å²) in [7, 11) is 0. The van der Waals surface area contributed by atoms with Gasteiger partial charge in [0.05, 0.1) is 5.41 Å². The largest absolute Gasteiger partial charge is 0.0726 e. The fourth-order valence-electron chi connectivity index (χ4n) is 12.8. The van der Waals surface area contributed by atoms with Gasteiger partial charge in [-0.2, -0.15) is 0 Å². The Balaban J connectivity index is 1.04. The minimum atomic E-state index is -0.534. The highest BCUT2D eigenvalue weighted by atomic mass is 14.5. The third-order valence-electron chi connectivity index (χ3n) is 15.5. The number of hydrogen-bond donors (Lipinski definition) is 0. The van der Waals surface area contributed by atoms with Crippen LogP contribution in [0.2, 0.25) is 0 Å². The molecule has 0 saturated heterocycles. The molecule has 14 rings (SSSR count). The van der Waals surface area contributed by atoms with Gasteiger partial charge in [0.2, 0.25) is 0 Å². The molecule has 10 aromatic carbocycles. The molecule has 304 valence electrons. The van der Waals surface area contributed by atoms with Gasteiger partial charge in [-0.05, 0) is 147 Å². The molecule has 65 heavy (non-hydrogen) atoms. The molecule has 0 aromatic heterocycles. The molecule has 0 heteroatoms. The fourth-order valence-corrected chi connectivity index (χ4v) is 12.8. The minimum Gasteiger partial charge on any atom is -0.0622 e. The molecule has 1 spiro atoms. The molecule has 0 amide bonds. The van der Waals surface area contributed by atoms with Gasteiger partial charge in [0.1, 0.15) is 0 Å². The third kappa shape index (κ3) is 5.20. The van der Waals surface area contributed by atoms with Gasteiger partial charge in [-0.25, -0.2) is 0 Å². The molecule has 0 atom stereocenters. The summed E-state index contributed by atoms with van der Waals surface area (Å²) in [6.45, 7) is 0. The zero-order chi connectivity index (χ0) is 42.6. The van der Waals surface area contributed by atoms with Gasteiger partial charge in [0, 0.05) is 11.8 Å². The van der Waals surface area contributed by atoms with Crippen LogP contribution in [-0.4, -0.2) is 0 Å². The second kappa shape index (κ2) is 14.1. The number of benzene rings is 10. The smallest absolute Gasteiger partial charge is 0.0622 e. The van der Waals surface area contributed by atoms with Gasteiger partial charge in [-0.3, -0.25) is 0 Å². The summed E-state index contributed by atoms with van der Waals surface area (Å²) >= 11 is 0. The molecule has 4 aliphatic carbocycles. The third-order valence-corrected chi connectivity index (χ3v) is 15.5. The number of rotatable bonds is 6. The summed E-state index contributed by atoms with van der Waals surface area (Å²) in [4.78, 5) is 0. The Kier molecular flexibility index (Phi) is 7.95. The maximum Gasteiger partial charge on any atom is 0.0726 e. The lowest BCUT2D eigenvalue weighted by Gasteiger charge is -2.31. The summed E-state index contributed by atoms with van der Waals surface area (Å²) in [5.74, 6) is 0.545. The van der Waals surface area contributed by atoms with Crippen molar-refractivity contribution in [1.82, 2.24) is 0 Å². The Bertz CT molecular complexity index is 3220. The molecule has 0 saturated carbocycles. The Hall–Kier alpha value is -7.80. The SMILES string of the molecule is c1ccc(-c2ccc3c(c2)C2(c4cc(-c5ccccc5)ccc4-c4c(CC5c6ccccc6-c6ccccc65)cccc42)c2cccc(CC4c5ccccc5-c5ccccc54)c2-3)cc1. The van der Waals surface area contributed by atoms with Crippen molar-refractivity contribution in [1.29, 1.82) is 0 Å². The van der Waals surface area contributed by atoms with Crippen LogP contribution in [0.4, 0.5) is 0 Å². The lowest BCUT2D eigenvalue weighted by atomic mass is 9.69. The first-order chi connectivity index (χ1) is 32.3. The van der Waals surface area contributed by atoms with E-state index in [2.05, 4.69) is 231 Å². The second-order valence-corrected chi connectivity index (χ2v) is 18.5. The van der Waals surface area contributed by atoms with Crippen LogP contribution in [0, 0.1) is 0 Å². The highest BCUT2D eigenvalue weighted by molar-refractivity contribution is 5.99. The van der Waals surface area contributed by atoms with E-state index in [1.807, 2.05) is 0 Å². The summed E-state index contributed by atoms with van der Waals surface area (Å²) in [5, 5.41) is 0. The van der Waals surface area contributed by atoms with Gasteiger partial charge in [0.15, 0.2) is 0 Å². The average Bonchev–Trinajstić information content (AvgIpc) is 4.07. The molecule has 0 heterocycles. The molecule has 0 bridgehead atoms. The first-order valence-electron chi connectivity index (χ1n) is 23.3. The van der Waals surface area contributed by atoms with E-state index in [-0.39, 0.29) is 11.8 Å². The highest BCUT2D eigenvalue weighted by Crippen LogP contribution is 2.65. The number of fused-ring (bicyclic) bond motifs is 16. The van der Waals surface area contributed by atoms with E-state index < -0.39 is 5.41 Å². The summed E-state index contributed by atoms with van der Waals surface area (Å²) in [6, 6.07) is 87.6. The van der Waals surface area contributed by atoms with Crippen LogP contribution in [0.5, 0.6) is 0 Å². The zero-order valence-corrected chi connectivity index (χ0v) is 36.0. The first-order valence-corrected chi connectivity index (χ1v) is 23.3. The van der Waals surface area contributed by atoms with E-state index in [4.69, 9.17) is 0 Å². The van der Waals surface area contributed by atoms with Gasteiger partial charge in [-0.1, -0.05) is 218 Å². The van der Waals surface area contributed by atoms with Crippen LogP contribution in [0.25, 0.3) is 66.8 Å². The van der Waals surface area contributed by atoms with Crippen molar-refractivity contribution in [2.75, 3.05) is 0 Å². The molecular formula is C65H44. The lowest BCUT2D eigenvalue weighted by Crippen LogP contribution is -2.26. The van der Waals surface area contributed by atoms with Crippen LogP contribution in [0.1, 0.15) is 67.5 Å². The predicted octanol–water partition coefficient (Wildman–Crippen LogP) is 16.1. The Labute approximate surface area is 381 Å². The lowest BCUT2D eigenvalue weighted by molar-refractivity contribution is 0.784. The summed E-state index contributed by atoms with van der Waals surface area (Å²) < 4.78 is 0. The van der Waals surface area contributed by atoms with Crippen molar-refractivity contribution < 1.29 is 0 Å². The zero-order valence-electron chi connectivity index (χ0n) is 36.0. The van der Waals surface area contributed by atoms with Crippen LogP contribution < -0.4 is 0 Å². The Morgan fingerprint density at radius 2 is 0.615 bits per heavy atom. The van der Waals surface area contributed by atoms with Gasteiger partial charge < -0.3 is 0 Å². The molecule has 4 aliphatic rings. The molecule has 10 aromatic rings. The van der Waals surface area contributed by atoms with Crippen LogP contribution in [0.3, 0.4) is 0 Å². The quantitative estimate of drug-likeness (QED) is 0.157. The van der Waals surface area contributed by atoms with Crippen molar-refractivity contribution in [3.63, 3.8) is 0 Å². The van der Waals surface area contributed by atoms with Gasteiger partial charge in [0.25, 0.3) is 0 Å². The number of hydrogen-bond acceptors (Lipinski definition) is 0.